The zero-order chi connectivity index (χ0) is 24.7. The van der Waals surface area contributed by atoms with E-state index in [2.05, 4.69) is 47.6 Å². The highest BCUT2D eigenvalue weighted by atomic mass is 127. The Morgan fingerprint density at radius 3 is 1.94 bits per heavy atom. The van der Waals surface area contributed by atoms with Gasteiger partial charge in [0.1, 0.15) is 5.78 Å². The predicted octanol–water partition coefficient (Wildman–Crippen LogP) is 4.77. The Bertz CT molecular complexity index is 622. The Labute approximate surface area is 205 Å². The summed E-state index contributed by atoms with van der Waals surface area (Å²) in [6.45, 7) is 18.6. The summed E-state index contributed by atoms with van der Waals surface area (Å²) in [5.41, 5.74) is -0.889. The number of rotatable bonds is 13. The summed E-state index contributed by atoms with van der Waals surface area (Å²) >= 11 is 1.69. The van der Waals surface area contributed by atoms with E-state index in [-0.39, 0.29) is 39.1 Å². The quantitative estimate of drug-likeness (QED) is 0.189. The van der Waals surface area contributed by atoms with E-state index in [4.69, 9.17) is 4.74 Å². The highest BCUT2D eigenvalue weighted by molar-refractivity contribution is 14.1. The van der Waals surface area contributed by atoms with Crippen LogP contribution >= 0.6 is 31.8 Å². The van der Waals surface area contributed by atoms with Crippen molar-refractivity contribution in [2.75, 3.05) is 6.61 Å². The molecule has 0 aliphatic heterocycles. The summed E-state index contributed by atoms with van der Waals surface area (Å²) in [5, 5.41) is 6.21. The van der Waals surface area contributed by atoms with Gasteiger partial charge in [0.15, 0.2) is 0 Å². The summed E-state index contributed by atoms with van der Waals surface area (Å²) in [7, 11) is 2.85. The second kappa shape index (κ2) is 12.4. The average molecular weight is 570 g/mol. The minimum absolute atomic E-state index is 0.00817. The molecule has 0 aromatic rings. The fourth-order valence-electron chi connectivity index (χ4n) is 3.10. The largest absolute Gasteiger partial charge is 0.375 e. The number of amides is 1. The maximum absolute atomic E-state index is 12.4. The smallest absolute Gasteiger partial charge is 0.220 e. The number of carbonyl (C=O) groups is 3. The van der Waals surface area contributed by atoms with Crippen LogP contribution in [0.2, 0.25) is 0 Å². The van der Waals surface area contributed by atoms with Crippen LogP contribution in [-0.2, 0) is 19.1 Å². The van der Waals surface area contributed by atoms with Crippen LogP contribution in [-0.4, -0.2) is 44.5 Å². The van der Waals surface area contributed by atoms with E-state index < -0.39 is 17.1 Å². The van der Waals surface area contributed by atoms with Crippen LogP contribution < -0.4 is 10.6 Å². The zero-order valence-electron chi connectivity index (χ0n) is 20.9. The monoisotopic (exact) mass is 570 g/mol. The van der Waals surface area contributed by atoms with Crippen LogP contribution in [0.5, 0.6) is 0 Å². The number of halogens is 1. The van der Waals surface area contributed by atoms with Crippen molar-refractivity contribution < 1.29 is 19.1 Å². The van der Waals surface area contributed by atoms with Gasteiger partial charge in [-0.15, -0.1) is 9.24 Å². The van der Waals surface area contributed by atoms with Gasteiger partial charge in [0.05, 0.1) is 11.6 Å². The van der Waals surface area contributed by atoms with Gasteiger partial charge in [-0.3, -0.25) is 14.4 Å². The first-order valence-corrected chi connectivity index (χ1v) is 12.6. The van der Waals surface area contributed by atoms with E-state index in [9.17, 15) is 14.4 Å². The molecule has 1 amide bonds. The van der Waals surface area contributed by atoms with Crippen LogP contribution in [0.4, 0.5) is 0 Å². The average Bonchev–Trinajstić information content (AvgIpc) is 2.52. The molecule has 0 aliphatic rings. The third kappa shape index (κ3) is 15.4. The third-order valence-electron chi connectivity index (χ3n) is 4.83. The maximum atomic E-state index is 12.4. The molecule has 31 heavy (non-hydrogen) atoms. The lowest BCUT2D eigenvalue weighted by Gasteiger charge is -2.36. The second-order valence-corrected chi connectivity index (χ2v) is 13.6. The van der Waals surface area contributed by atoms with E-state index in [1.807, 2.05) is 34.6 Å². The van der Waals surface area contributed by atoms with Gasteiger partial charge in [0.25, 0.3) is 0 Å². The molecule has 0 spiro atoms. The van der Waals surface area contributed by atoms with Crippen molar-refractivity contribution in [3.05, 3.63) is 0 Å². The number of carbonyl (C=O) groups excluding carboxylic acids is 3. The summed E-state index contributed by atoms with van der Waals surface area (Å²) in [5.74, 6) is -0.110. The van der Waals surface area contributed by atoms with Crippen molar-refractivity contribution in [2.24, 2.45) is 5.41 Å². The predicted molar refractivity (Wildman–Crippen MR) is 140 cm³/mol. The second-order valence-electron chi connectivity index (χ2n) is 11.3. The van der Waals surface area contributed by atoms with Gasteiger partial charge < -0.3 is 15.4 Å². The third-order valence-corrected chi connectivity index (χ3v) is 6.02. The Kier molecular flexibility index (Phi) is 12.3. The Hall–Kier alpha value is -0.110. The van der Waals surface area contributed by atoms with Crippen LogP contribution in [0.15, 0.2) is 0 Å². The molecule has 0 radical (unpaired) electrons. The Morgan fingerprint density at radius 1 is 0.935 bits per heavy atom. The van der Waals surface area contributed by atoms with Gasteiger partial charge in [0.2, 0.25) is 9.70 Å². The summed E-state index contributed by atoms with van der Waals surface area (Å²) < 4.78 is 5.89. The molecule has 0 aromatic heterocycles. The molecule has 3 atom stereocenters. The number of ether oxygens (including phenoxy) is 1. The number of hydrogen-bond donors (Lipinski definition) is 2. The van der Waals surface area contributed by atoms with E-state index in [1.165, 1.54) is 0 Å². The topological polar surface area (TPSA) is 84.5 Å². The van der Waals surface area contributed by atoms with E-state index in [0.717, 1.165) is 6.42 Å². The standard InChI is InChI=1S/C23H44IN2O4P/c1-20(2,3)17(27)11-10-16(19(24)29)25-18(28)12-13-22(7,8)30-15-14-23(9,31)26-21(4,5)6/h16,26H,10-15,31H2,1-9H3,(H,25,28). The van der Waals surface area contributed by atoms with Crippen molar-refractivity contribution in [1.29, 1.82) is 0 Å². The molecule has 0 saturated carbocycles. The Balaban J connectivity index is 4.53. The normalized spacial score (nSPS) is 15.8. The molecule has 182 valence electrons. The highest BCUT2D eigenvalue weighted by Crippen LogP contribution is 2.25. The molecular weight excluding hydrogens is 526 g/mol. The number of ketones is 1. The number of nitrogens with one attached hydrogen (secondary N) is 2. The van der Waals surface area contributed by atoms with Gasteiger partial charge in [0, 0.05) is 58.3 Å². The van der Waals surface area contributed by atoms with Gasteiger partial charge in [-0.05, 0) is 60.8 Å². The van der Waals surface area contributed by atoms with E-state index in [0.29, 0.717) is 19.4 Å². The first-order chi connectivity index (χ1) is 13.7. The van der Waals surface area contributed by atoms with E-state index in [1.54, 1.807) is 22.6 Å². The summed E-state index contributed by atoms with van der Waals surface area (Å²) in [6.07, 6.45) is 2.23. The van der Waals surface area contributed by atoms with Crippen LogP contribution in [0.1, 0.15) is 94.4 Å². The molecule has 0 rings (SSSR count). The fraction of sp³-hybridized carbons (Fsp3) is 0.870. The lowest BCUT2D eigenvalue weighted by atomic mass is 9.87. The van der Waals surface area contributed by atoms with Crippen LogP contribution in [0, 0.1) is 5.41 Å². The fourth-order valence-corrected chi connectivity index (χ4v) is 4.12. The molecule has 6 nitrogen and oxygen atoms in total. The molecular formula is C23H44IN2O4P. The molecule has 0 heterocycles. The van der Waals surface area contributed by atoms with Gasteiger partial charge >= 0.3 is 0 Å². The van der Waals surface area contributed by atoms with Crippen LogP contribution in [0.3, 0.4) is 0 Å². The molecule has 0 bridgehead atoms. The molecule has 0 saturated heterocycles. The minimum atomic E-state index is -0.635. The highest BCUT2D eigenvalue weighted by Gasteiger charge is 2.28. The first kappa shape index (κ1) is 30.9. The van der Waals surface area contributed by atoms with E-state index >= 15 is 0 Å². The molecule has 0 aromatic carbocycles. The SMILES string of the molecule is CC(C)(C)NC(C)(P)CCOC(C)(C)CCC(=O)NC(CCC(=O)C(C)(C)C)C(=O)I. The molecule has 3 unspecified atom stereocenters. The zero-order valence-corrected chi connectivity index (χ0v) is 24.2. The minimum Gasteiger partial charge on any atom is -0.375 e. The van der Waals surface area contributed by atoms with Gasteiger partial charge in [-0.1, -0.05) is 20.8 Å². The Morgan fingerprint density at radius 2 is 1.48 bits per heavy atom. The summed E-state index contributed by atoms with van der Waals surface area (Å²) in [4.78, 5) is 36.5. The molecule has 0 aliphatic carbocycles. The van der Waals surface area contributed by atoms with Crippen molar-refractivity contribution in [2.45, 2.75) is 117 Å². The number of Topliss-reactive ketones (excluding diaryl/α,β-unsaturated/α-hetero) is 1. The maximum Gasteiger partial charge on any atom is 0.220 e. The van der Waals surface area contributed by atoms with Crippen molar-refractivity contribution in [3.8, 4) is 0 Å². The lowest BCUT2D eigenvalue weighted by Crippen LogP contribution is -2.49. The van der Waals surface area contributed by atoms with Gasteiger partial charge in [-0.2, -0.15) is 0 Å². The number of hydrogen-bond acceptors (Lipinski definition) is 5. The molecule has 2 N–H and O–H groups in total. The molecule has 8 heteroatoms. The molecule has 0 fully saturated rings. The summed E-state index contributed by atoms with van der Waals surface area (Å²) in [6, 6.07) is -0.635. The van der Waals surface area contributed by atoms with Crippen molar-refractivity contribution >= 4 is 47.3 Å². The van der Waals surface area contributed by atoms with Crippen molar-refractivity contribution in [1.82, 2.24) is 10.6 Å². The first-order valence-electron chi connectivity index (χ1n) is 11.0. The van der Waals surface area contributed by atoms with Gasteiger partial charge in [-0.25, -0.2) is 0 Å². The van der Waals surface area contributed by atoms with Crippen molar-refractivity contribution in [3.63, 3.8) is 0 Å². The van der Waals surface area contributed by atoms with Crippen LogP contribution in [0.25, 0.3) is 0 Å². The lowest BCUT2D eigenvalue weighted by molar-refractivity contribution is -0.128.